The average Bonchev–Trinajstić information content (AvgIpc) is 3.27. The molecule has 0 aromatic heterocycles. The summed E-state index contributed by atoms with van der Waals surface area (Å²) in [7, 11) is -1.96. The molecule has 1 amide bonds. The van der Waals surface area contributed by atoms with Gasteiger partial charge in [0, 0.05) is 33.1 Å². The number of sulfonamides is 1. The molecule has 1 N–H and O–H groups in total. The molecule has 1 aliphatic heterocycles. The fourth-order valence-electron chi connectivity index (χ4n) is 3.61. The van der Waals surface area contributed by atoms with Crippen LogP contribution in [-0.2, 0) is 27.9 Å². The van der Waals surface area contributed by atoms with Crippen molar-refractivity contribution in [2.75, 3.05) is 26.7 Å². The highest BCUT2D eigenvalue weighted by Crippen LogP contribution is 2.15. The molecule has 1 aliphatic rings. The van der Waals surface area contributed by atoms with Crippen molar-refractivity contribution in [1.29, 1.82) is 0 Å². The molecule has 0 bridgehead atoms. The topological polar surface area (TPSA) is 69.7 Å². The van der Waals surface area contributed by atoms with Crippen molar-refractivity contribution in [3.05, 3.63) is 65.7 Å². The Balaban J connectivity index is 1.37. The van der Waals surface area contributed by atoms with Gasteiger partial charge in [0.15, 0.2) is 0 Å². The van der Waals surface area contributed by atoms with E-state index in [1.165, 1.54) is 35.8 Å². The van der Waals surface area contributed by atoms with Crippen LogP contribution in [0.15, 0.2) is 59.5 Å². The fourth-order valence-corrected chi connectivity index (χ4v) is 4.84. The van der Waals surface area contributed by atoms with Gasteiger partial charge in [-0.25, -0.2) is 12.7 Å². The maximum absolute atomic E-state index is 12.5. The Labute approximate surface area is 179 Å². The van der Waals surface area contributed by atoms with Gasteiger partial charge in [-0.3, -0.25) is 9.69 Å². The van der Waals surface area contributed by atoms with E-state index in [0.29, 0.717) is 25.9 Å². The second-order valence-corrected chi connectivity index (χ2v) is 9.86. The fraction of sp³-hybridized carbons (Fsp3) is 0.435. The Morgan fingerprint density at radius 2 is 1.63 bits per heavy atom. The Morgan fingerprint density at radius 1 is 1.00 bits per heavy atom. The molecular weight excluding hydrogens is 398 g/mol. The van der Waals surface area contributed by atoms with E-state index in [1.54, 1.807) is 37.4 Å². The predicted octanol–water partition coefficient (Wildman–Crippen LogP) is 3.00. The van der Waals surface area contributed by atoms with E-state index in [-0.39, 0.29) is 10.8 Å². The first-order valence-corrected chi connectivity index (χ1v) is 12.0. The first kappa shape index (κ1) is 22.5. The van der Waals surface area contributed by atoms with E-state index < -0.39 is 10.0 Å². The lowest BCUT2D eigenvalue weighted by Crippen LogP contribution is -2.29. The van der Waals surface area contributed by atoms with Crippen LogP contribution >= 0.6 is 0 Å². The van der Waals surface area contributed by atoms with Crippen LogP contribution in [0, 0.1) is 0 Å². The highest BCUT2D eigenvalue weighted by atomic mass is 32.2. The Kier molecular flexibility index (Phi) is 8.01. The Hall–Kier alpha value is -2.22. The molecule has 2 aromatic carbocycles. The summed E-state index contributed by atoms with van der Waals surface area (Å²) in [6.07, 6.45) is 3.35. The van der Waals surface area contributed by atoms with Gasteiger partial charge in [-0.05, 0) is 55.6 Å². The number of hydrogen-bond donors (Lipinski definition) is 1. The molecule has 0 saturated carbocycles. The van der Waals surface area contributed by atoms with Gasteiger partial charge in [0.25, 0.3) is 0 Å². The summed E-state index contributed by atoms with van der Waals surface area (Å²) < 4.78 is 26.3. The normalized spacial score (nSPS) is 14.9. The number of likely N-dealkylation sites (tertiary alicyclic amines) is 1. The Morgan fingerprint density at radius 3 is 2.30 bits per heavy atom. The monoisotopic (exact) mass is 429 g/mol. The maximum Gasteiger partial charge on any atom is 0.242 e. The van der Waals surface area contributed by atoms with E-state index in [0.717, 1.165) is 12.1 Å². The van der Waals surface area contributed by atoms with Gasteiger partial charge in [-0.1, -0.05) is 42.5 Å². The van der Waals surface area contributed by atoms with Gasteiger partial charge in [0.1, 0.15) is 0 Å². The first-order valence-electron chi connectivity index (χ1n) is 10.5. The molecular formula is C23H31N3O3S. The molecule has 0 unspecified atom stereocenters. The summed E-state index contributed by atoms with van der Waals surface area (Å²) in [5.74, 6) is -0.0679. The second kappa shape index (κ2) is 10.7. The third-order valence-electron chi connectivity index (χ3n) is 5.45. The number of amides is 1. The van der Waals surface area contributed by atoms with Crippen molar-refractivity contribution in [3.8, 4) is 0 Å². The van der Waals surface area contributed by atoms with Gasteiger partial charge in [0.2, 0.25) is 15.9 Å². The summed E-state index contributed by atoms with van der Waals surface area (Å²) in [6.45, 7) is 4.14. The molecule has 2 aromatic rings. The lowest BCUT2D eigenvalue weighted by atomic mass is 10.1. The van der Waals surface area contributed by atoms with E-state index in [1.807, 2.05) is 0 Å². The lowest BCUT2D eigenvalue weighted by Gasteiger charge is -2.17. The smallest absolute Gasteiger partial charge is 0.242 e. The quantitative estimate of drug-likeness (QED) is 0.630. The van der Waals surface area contributed by atoms with Crippen LogP contribution in [0.2, 0.25) is 0 Å². The molecule has 6 nitrogen and oxygen atoms in total. The number of carbonyl (C=O) groups is 1. The van der Waals surface area contributed by atoms with Crippen LogP contribution < -0.4 is 5.32 Å². The van der Waals surface area contributed by atoms with Crippen molar-refractivity contribution in [3.63, 3.8) is 0 Å². The van der Waals surface area contributed by atoms with Crippen LogP contribution in [0.4, 0.5) is 0 Å². The number of carbonyl (C=O) groups excluding carboxylic acids is 1. The summed E-state index contributed by atoms with van der Waals surface area (Å²) in [4.78, 5) is 14.9. The van der Waals surface area contributed by atoms with Crippen molar-refractivity contribution in [1.82, 2.24) is 14.5 Å². The highest BCUT2D eigenvalue weighted by Gasteiger charge is 2.20. The zero-order valence-corrected chi connectivity index (χ0v) is 18.4. The zero-order chi connectivity index (χ0) is 21.4. The summed E-state index contributed by atoms with van der Waals surface area (Å²) in [5.41, 5.74) is 2.37. The van der Waals surface area contributed by atoms with Gasteiger partial charge >= 0.3 is 0 Å². The summed E-state index contributed by atoms with van der Waals surface area (Å²) in [6, 6.07) is 16.7. The van der Waals surface area contributed by atoms with Crippen LogP contribution in [0.25, 0.3) is 0 Å². The van der Waals surface area contributed by atoms with Crippen LogP contribution in [0.5, 0.6) is 0 Å². The predicted molar refractivity (Wildman–Crippen MR) is 118 cm³/mol. The molecule has 0 aliphatic carbocycles. The van der Waals surface area contributed by atoms with Crippen molar-refractivity contribution < 1.29 is 13.2 Å². The number of benzene rings is 2. The van der Waals surface area contributed by atoms with Gasteiger partial charge < -0.3 is 5.32 Å². The van der Waals surface area contributed by atoms with Crippen LogP contribution in [0.3, 0.4) is 0 Å². The van der Waals surface area contributed by atoms with Crippen molar-refractivity contribution >= 4 is 15.9 Å². The molecule has 162 valence electrons. The lowest BCUT2D eigenvalue weighted by molar-refractivity contribution is -0.121. The SMILES string of the molecule is CN(CCCC(=O)NCc1ccc(CN2CCCC2)cc1)S(=O)(=O)c1ccccc1. The van der Waals surface area contributed by atoms with E-state index >= 15 is 0 Å². The summed E-state index contributed by atoms with van der Waals surface area (Å²) >= 11 is 0. The van der Waals surface area contributed by atoms with Crippen molar-refractivity contribution in [2.24, 2.45) is 0 Å². The molecule has 1 fully saturated rings. The largest absolute Gasteiger partial charge is 0.352 e. The molecule has 0 radical (unpaired) electrons. The molecule has 3 rings (SSSR count). The highest BCUT2D eigenvalue weighted by molar-refractivity contribution is 7.89. The number of nitrogens with zero attached hydrogens (tertiary/aromatic N) is 2. The first-order chi connectivity index (χ1) is 14.4. The molecule has 1 saturated heterocycles. The summed E-state index contributed by atoms with van der Waals surface area (Å²) in [5, 5.41) is 2.92. The number of rotatable bonds is 10. The van der Waals surface area contributed by atoms with Gasteiger partial charge in [0.05, 0.1) is 4.90 Å². The minimum Gasteiger partial charge on any atom is -0.352 e. The van der Waals surface area contributed by atoms with Crippen LogP contribution in [0.1, 0.15) is 36.8 Å². The van der Waals surface area contributed by atoms with Crippen molar-refractivity contribution in [2.45, 2.75) is 43.7 Å². The molecule has 7 heteroatoms. The number of nitrogens with one attached hydrogen (secondary N) is 1. The van der Waals surface area contributed by atoms with Gasteiger partial charge in [-0.2, -0.15) is 0 Å². The van der Waals surface area contributed by atoms with Crippen LogP contribution in [-0.4, -0.2) is 50.2 Å². The minimum absolute atomic E-state index is 0.0679. The molecule has 30 heavy (non-hydrogen) atoms. The molecule has 0 spiro atoms. The third-order valence-corrected chi connectivity index (χ3v) is 7.32. The third kappa shape index (κ3) is 6.39. The molecule has 0 atom stereocenters. The number of hydrogen-bond acceptors (Lipinski definition) is 4. The van der Waals surface area contributed by atoms with Gasteiger partial charge in [-0.15, -0.1) is 0 Å². The minimum atomic E-state index is -3.51. The average molecular weight is 430 g/mol. The van der Waals surface area contributed by atoms with E-state index in [4.69, 9.17) is 0 Å². The van der Waals surface area contributed by atoms with E-state index in [9.17, 15) is 13.2 Å². The molecule has 1 heterocycles. The van der Waals surface area contributed by atoms with E-state index in [2.05, 4.69) is 34.5 Å². The Bertz CT molecular complexity index is 908. The zero-order valence-electron chi connectivity index (χ0n) is 17.6. The second-order valence-electron chi connectivity index (χ2n) is 7.82. The standard InChI is InChI=1S/C23H31N3O3S/c1-25(30(28,29)22-8-3-2-4-9-22)15-7-10-23(27)24-18-20-11-13-21(14-12-20)19-26-16-5-6-17-26/h2-4,8-9,11-14H,5-7,10,15-19H2,1H3,(H,24,27). The maximum atomic E-state index is 12.5.